The van der Waals surface area contributed by atoms with Crippen LogP contribution in [-0.4, -0.2) is 25.2 Å². The third-order valence-corrected chi connectivity index (χ3v) is 3.70. The van der Waals surface area contributed by atoms with E-state index in [1.165, 1.54) is 0 Å². The number of benzene rings is 2. The van der Waals surface area contributed by atoms with Crippen molar-refractivity contribution >= 4 is 11.6 Å². The van der Waals surface area contributed by atoms with Gasteiger partial charge >= 0.3 is 0 Å². The van der Waals surface area contributed by atoms with Crippen LogP contribution in [-0.2, 0) is 11.2 Å². The minimum absolute atomic E-state index is 0.106. The van der Waals surface area contributed by atoms with Gasteiger partial charge in [0, 0.05) is 11.3 Å². The summed E-state index contributed by atoms with van der Waals surface area (Å²) in [6.07, 6.45) is 2.11. The SMILES string of the molecule is CCCc1cc(C(=O)Nc2ccccc2)ccc1OCC1CO1. The van der Waals surface area contributed by atoms with Gasteiger partial charge in [0.1, 0.15) is 18.5 Å². The fraction of sp³-hybridized carbons (Fsp3) is 0.316. The molecule has 1 heterocycles. The van der Waals surface area contributed by atoms with Crippen molar-refractivity contribution in [3.63, 3.8) is 0 Å². The Morgan fingerprint density at radius 2 is 2.04 bits per heavy atom. The van der Waals surface area contributed by atoms with Gasteiger partial charge in [0.2, 0.25) is 0 Å². The monoisotopic (exact) mass is 311 g/mol. The normalized spacial score (nSPS) is 16.0. The highest BCUT2D eigenvalue weighted by Gasteiger charge is 2.23. The van der Waals surface area contributed by atoms with Crippen LogP contribution in [0.5, 0.6) is 5.75 Å². The molecule has 2 aromatic rings. The Labute approximate surface area is 136 Å². The maximum atomic E-state index is 12.4. The van der Waals surface area contributed by atoms with Gasteiger partial charge in [-0.2, -0.15) is 0 Å². The van der Waals surface area contributed by atoms with Crippen LogP contribution < -0.4 is 10.1 Å². The molecule has 1 amide bonds. The van der Waals surface area contributed by atoms with Crippen LogP contribution in [0.4, 0.5) is 5.69 Å². The third-order valence-electron chi connectivity index (χ3n) is 3.70. The quantitative estimate of drug-likeness (QED) is 0.794. The largest absolute Gasteiger partial charge is 0.491 e. The van der Waals surface area contributed by atoms with Gasteiger partial charge < -0.3 is 14.8 Å². The van der Waals surface area contributed by atoms with E-state index < -0.39 is 0 Å². The lowest BCUT2D eigenvalue weighted by Gasteiger charge is -2.12. The molecule has 3 rings (SSSR count). The molecular weight excluding hydrogens is 290 g/mol. The van der Waals surface area contributed by atoms with Crippen molar-refractivity contribution in [2.75, 3.05) is 18.5 Å². The molecule has 0 radical (unpaired) electrons. The fourth-order valence-corrected chi connectivity index (χ4v) is 2.40. The Kier molecular flexibility index (Phi) is 4.93. The first kappa shape index (κ1) is 15.6. The van der Waals surface area contributed by atoms with E-state index >= 15 is 0 Å². The highest BCUT2D eigenvalue weighted by molar-refractivity contribution is 6.04. The van der Waals surface area contributed by atoms with Crippen LogP contribution in [0.2, 0.25) is 0 Å². The maximum absolute atomic E-state index is 12.4. The van der Waals surface area contributed by atoms with Crippen molar-refractivity contribution < 1.29 is 14.3 Å². The number of rotatable bonds is 7. The van der Waals surface area contributed by atoms with Crippen molar-refractivity contribution in [3.8, 4) is 5.75 Å². The summed E-state index contributed by atoms with van der Waals surface area (Å²) in [6.45, 7) is 3.47. The van der Waals surface area contributed by atoms with E-state index in [-0.39, 0.29) is 12.0 Å². The summed E-state index contributed by atoms with van der Waals surface area (Å²) >= 11 is 0. The minimum Gasteiger partial charge on any atom is -0.491 e. The van der Waals surface area contributed by atoms with Crippen LogP contribution in [0.3, 0.4) is 0 Å². The van der Waals surface area contributed by atoms with Crippen molar-refractivity contribution in [3.05, 3.63) is 59.7 Å². The molecule has 0 spiro atoms. The van der Waals surface area contributed by atoms with Crippen LogP contribution in [0.25, 0.3) is 0 Å². The second kappa shape index (κ2) is 7.29. The van der Waals surface area contributed by atoms with Crippen LogP contribution >= 0.6 is 0 Å². The van der Waals surface area contributed by atoms with Crippen molar-refractivity contribution in [1.82, 2.24) is 0 Å². The van der Waals surface area contributed by atoms with E-state index in [2.05, 4.69) is 12.2 Å². The second-order valence-corrected chi connectivity index (χ2v) is 5.66. The molecule has 4 heteroatoms. The van der Waals surface area contributed by atoms with Crippen molar-refractivity contribution in [2.24, 2.45) is 0 Å². The molecule has 23 heavy (non-hydrogen) atoms. The molecule has 0 aromatic heterocycles. The number of para-hydroxylation sites is 1. The number of amides is 1. The summed E-state index contributed by atoms with van der Waals surface area (Å²) in [6, 6.07) is 15.1. The number of hydrogen-bond acceptors (Lipinski definition) is 3. The highest BCUT2D eigenvalue weighted by atomic mass is 16.6. The fourth-order valence-electron chi connectivity index (χ4n) is 2.40. The first-order valence-electron chi connectivity index (χ1n) is 8.00. The summed E-state index contributed by atoms with van der Waals surface area (Å²) in [4.78, 5) is 12.4. The predicted molar refractivity (Wildman–Crippen MR) is 90.1 cm³/mol. The van der Waals surface area contributed by atoms with Gasteiger partial charge in [0.05, 0.1) is 6.61 Å². The standard InChI is InChI=1S/C19H21NO3/c1-2-6-14-11-15(9-10-18(14)23-13-17-12-22-17)19(21)20-16-7-4-3-5-8-16/h3-5,7-11,17H,2,6,12-13H2,1H3,(H,20,21). The second-order valence-electron chi connectivity index (χ2n) is 5.66. The molecule has 0 aliphatic carbocycles. The predicted octanol–water partition coefficient (Wildman–Crippen LogP) is 3.67. The molecule has 1 atom stereocenters. The van der Waals surface area contributed by atoms with Gasteiger partial charge in [0.15, 0.2) is 0 Å². The van der Waals surface area contributed by atoms with E-state index in [4.69, 9.17) is 9.47 Å². The maximum Gasteiger partial charge on any atom is 0.255 e. The number of hydrogen-bond donors (Lipinski definition) is 1. The molecule has 1 aliphatic rings. The summed E-state index contributed by atoms with van der Waals surface area (Å²) < 4.78 is 11.0. The molecule has 120 valence electrons. The van der Waals surface area contributed by atoms with Gasteiger partial charge in [-0.1, -0.05) is 31.5 Å². The van der Waals surface area contributed by atoms with Gasteiger partial charge in [-0.3, -0.25) is 4.79 Å². The summed E-state index contributed by atoms with van der Waals surface area (Å²) in [5.41, 5.74) is 2.50. The molecule has 0 bridgehead atoms. The Balaban J connectivity index is 1.73. The van der Waals surface area contributed by atoms with Gasteiger partial charge in [0.25, 0.3) is 5.91 Å². The summed E-state index contributed by atoms with van der Waals surface area (Å²) in [7, 11) is 0. The Bertz CT molecular complexity index is 666. The molecule has 1 unspecified atom stereocenters. The van der Waals surface area contributed by atoms with Gasteiger partial charge in [-0.15, -0.1) is 0 Å². The number of carbonyl (C=O) groups is 1. The molecule has 1 saturated heterocycles. The Morgan fingerprint density at radius 3 is 2.74 bits per heavy atom. The lowest BCUT2D eigenvalue weighted by Crippen LogP contribution is -2.13. The number of nitrogens with one attached hydrogen (secondary N) is 1. The first-order valence-corrected chi connectivity index (χ1v) is 8.00. The van der Waals surface area contributed by atoms with Crippen LogP contribution in [0, 0.1) is 0 Å². The van der Waals surface area contributed by atoms with Crippen LogP contribution in [0.15, 0.2) is 48.5 Å². The van der Waals surface area contributed by atoms with Crippen molar-refractivity contribution in [2.45, 2.75) is 25.9 Å². The number of ether oxygens (including phenoxy) is 2. The van der Waals surface area contributed by atoms with Crippen molar-refractivity contribution in [1.29, 1.82) is 0 Å². The number of carbonyl (C=O) groups excluding carboxylic acids is 1. The molecule has 0 saturated carbocycles. The number of aryl methyl sites for hydroxylation is 1. The third kappa shape index (κ3) is 4.33. The molecular formula is C19H21NO3. The smallest absolute Gasteiger partial charge is 0.255 e. The number of epoxide rings is 1. The average molecular weight is 311 g/mol. The zero-order valence-electron chi connectivity index (χ0n) is 13.2. The molecule has 1 aliphatic heterocycles. The van der Waals surface area contributed by atoms with E-state index in [0.29, 0.717) is 12.2 Å². The topological polar surface area (TPSA) is 50.9 Å². The van der Waals surface area contributed by atoms with E-state index in [9.17, 15) is 4.79 Å². The Morgan fingerprint density at radius 1 is 1.26 bits per heavy atom. The van der Waals surface area contributed by atoms with Gasteiger partial charge in [-0.05, 0) is 42.3 Å². The molecule has 2 aromatic carbocycles. The van der Waals surface area contributed by atoms with E-state index in [0.717, 1.165) is 36.4 Å². The summed E-state index contributed by atoms with van der Waals surface area (Å²) in [5.74, 6) is 0.740. The van der Waals surface area contributed by atoms with Gasteiger partial charge in [-0.25, -0.2) is 0 Å². The molecule has 1 N–H and O–H groups in total. The van der Waals surface area contributed by atoms with E-state index in [1.807, 2.05) is 42.5 Å². The number of anilines is 1. The zero-order valence-corrected chi connectivity index (χ0v) is 13.2. The van der Waals surface area contributed by atoms with Crippen LogP contribution in [0.1, 0.15) is 29.3 Å². The molecule has 1 fully saturated rings. The average Bonchev–Trinajstić information content (AvgIpc) is 3.39. The van der Waals surface area contributed by atoms with E-state index in [1.54, 1.807) is 6.07 Å². The molecule has 4 nitrogen and oxygen atoms in total. The first-order chi connectivity index (χ1) is 11.3. The lowest BCUT2D eigenvalue weighted by atomic mass is 10.0. The lowest BCUT2D eigenvalue weighted by molar-refractivity contribution is 0.102. The highest BCUT2D eigenvalue weighted by Crippen LogP contribution is 2.24. The zero-order chi connectivity index (χ0) is 16.1. The summed E-state index contributed by atoms with van der Waals surface area (Å²) in [5, 5.41) is 2.91. The Hall–Kier alpha value is -2.33. The minimum atomic E-state index is -0.106.